The highest BCUT2D eigenvalue weighted by Gasteiger charge is 2.16. The molecule has 0 saturated heterocycles. The Morgan fingerprint density at radius 3 is 3.33 bits per heavy atom. The topological polar surface area (TPSA) is 49.4 Å². The maximum Gasteiger partial charge on any atom is 0.183 e. The number of rotatable bonds is 0. The molecule has 0 radical (unpaired) electrons. The fraction of sp³-hybridized carbons (Fsp3) is 0.200. The molecule has 4 heteroatoms. The van der Waals surface area contributed by atoms with Crippen LogP contribution in [-0.2, 0) is 0 Å². The lowest BCUT2D eigenvalue weighted by Gasteiger charge is -1.99. The molecule has 0 bridgehead atoms. The van der Waals surface area contributed by atoms with Crippen molar-refractivity contribution in [3.05, 3.63) is 12.2 Å². The molecular formula is C5H4N4. The molecule has 0 amide bonds. The van der Waals surface area contributed by atoms with Crippen molar-refractivity contribution < 1.29 is 0 Å². The van der Waals surface area contributed by atoms with E-state index in [9.17, 15) is 0 Å². The molecule has 1 atom stereocenters. The van der Waals surface area contributed by atoms with Crippen LogP contribution in [-0.4, -0.2) is 18.1 Å². The molecule has 0 aliphatic carbocycles. The van der Waals surface area contributed by atoms with Crippen molar-refractivity contribution in [3.8, 4) is 0 Å². The van der Waals surface area contributed by atoms with E-state index in [1.807, 2.05) is 12.2 Å². The minimum Gasteiger partial charge on any atom is -0.237 e. The van der Waals surface area contributed by atoms with Gasteiger partial charge in [-0.25, -0.2) is 4.99 Å². The van der Waals surface area contributed by atoms with Gasteiger partial charge in [0.15, 0.2) is 11.9 Å². The van der Waals surface area contributed by atoms with Crippen molar-refractivity contribution in [2.75, 3.05) is 0 Å². The van der Waals surface area contributed by atoms with Gasteiger partial charge in [0.05, 0.1) is 0 Å². The molecule has 2 rings (SSSR count). The van der Waals surface area contributed by atoms with E-state index in [0.717, 1.165) is 0 Å². The summed E-state index contributed by atoms with van der Waals surface area (Å²) < 4.78 is 0. The van der Waals surface area contributed by atoms with Gasteiger partial charge in [0.1, 0.15) is 0 Å². The van der Waals surface area contributed by atoms with Crippen LogP contribution in [0.25, 0.3) is 0 Å². The molecule has 2 aliphatic heterocycles. The summed E-state index contributed by atoms with van der Waals surface area (Å²) in [5.74, 6) is 0.692. The summed E-state index contributed by atoms with van der Waals surface area (Å²) in [6.07, 6.45) is 5.43. The number of hydrogen-bond donors (Lipinski definition) is 0. The zero-order valence-corrected chi connectivity index (χ0v) is 4.60. The Kier molecular flexibility index (Phi) is 0.798. The standard InChI is InChI=1S/C5H4N4/c1-2-4-5(6-3-1)8-9-7-4/h1-4H. The molecule has 0 fully saturated rings. The van der Waals surface area contributed by atoms with Crippen molar-refractivity contribution in [1.29, 1.82) is 0 Å². The molecule has 9 heavy (non-hydrogen) atoms. The summed E-state index contributed by atoms with van der Waals surface area (Å²) in [6.45, 7) is 0. The first kappa shape index (κ1) is 4.55. The molecule has 2 aliphatic rings. The first-order chi connectivity index (χ1) is 4.47. The number of aliphatic imine (C=N–C) groups is 1. The fourth-order valence-corrected chi connectivity index (χ4v) is 0.739. The van der Waals surface area contributed by atoms with E-state index in [0.29, 0.717) is 5.84 Å². The van der Waals surface area contributed by atoms with Gasteiger partial charge in [0, 0.05) is 6.21 Å². The van der Waals surface area contributed by atoms with Crippen LogP contribution in [0, 0.1) is 0 Å². The third-order valence-corrected chi connectivity index (χ3v) is 1.17. The second kappa shape index (κ2) is 1.58. The maximum atomic E-state index is 3.94. The van der Waals surface area contributed by atoms with Gasteiger partial charge in [0.25, 0.3) is 0 Å². The number of amidine groups is 1. The first-order valence-corrected chi connectivity index (χ1v) is 2.65. The van der Waals surface area contributed by atoms with Gasteiger partial charge in [-0.1, -0.05) is 0 Å². The predicted octanol–water partition coefficient (Wildman–Crippen LogP) is 0.775. The Hall–Kier alpha value is -1.32. The van der Waals surface area contributed by atoms with Crippen LogP contribution in [0.1, 0.15) is 0 Å². The molecule has 0 saturated carbocycles. The van der Waals surface area contributed by atoms with Crippen molar-refractivity contribution in [2.24, 2.45) is 20.4 Å². The monoisotopic (exact) mass is 120 g/mol. The summed E-state index contributed by atoms with van der Waals surface area (Å²) in [7, 11) is 0. The second-order valence-corrected chi connectivity index (χ2v) is 1.77. The summed E-state index contributed by atoms with van der Waals surface area (Å²) in [5, 5.41) is 10.9. The van der Waals surface area contributed by atoms with Gasteiger partial charge >= 0.3 is 0 Å². The quantitative estimate of drug-likeness (QED) is 0.453. The lowest BCUT2D eigenvalue weighted by atomic mass is 10.2. The lowest BCUT2D eigenvalue weighted by Crippen LogP contribution is -2.12. The smallest absolute Gasteiger partial charge is 0.183 e. The molecule has 4 nitrogen and oxygen atoms in total. The highest BCUT2D eigenvalue weighted by Crippen LogP contribution is 2.09. The SMILES string of the molecule is C1=CC2N=NN=C2N=C1. The Bertz CT molecular complexity index is 235. The molecular weight excluding hydrogens is 116 g/mol. The molecule has 2 heterocycles. The summed E-state index contributed by atoms with van der Waals surface area (Å²) in [5.41, 5.74) is 0. The molecule has 0 aromatic heterocycles. The van der Waals surface area contributed by atoms with E-state index in [1.54, 1.807) is 6.21 Å². The van der Waals surface area contributed by atoms with E-state index in [2.05, 4.69) is 20.4 Å². The van der Waals surface area contributed by atoms with Gasteiger partial charge in [-0.15, -0.1) is 5.10 Å². The van der Waals surface area contributed by atoms with Crippen molar-refractivity contribution >= 4 is 12.1 Å². The third-order valence-electron chi connectivity index (χ3n) is 1.17. The maximum absolute atomic E-state index is 3.94. The van der Waals surface area contributed by atoms with Crippen LogP contribution in [0.2, 0.25) is 0 Å². The summed E-state index contributed by atoms with van der Waals surface area (Å²) in [4.78, 5) is 3.94. The largest absolute Gasteiger partial charge is 0.237 e. The fourth-order valence-electron chi connectivity index (χ4n) is 0.739. The average molecular weight is 120 g/mol. The molecule has 0 N–H and O–H groups in total. The van der Waals surface area contributed by atoms with E-state index >= 15 is 0 Å². The van der Waals surface area contributed by atoms with Crippen molar-refractivity contribution in [1.82, 2.24) is 0 Å². The number of allylic oxidation sites excluding steroid dienone is 1. The molecule has 44 valence electrons. The van der Waals surface area contributed by atoms with E-state index in [-0.39, 0.29) is 6.04 Å². The molecule has 0 aromatic rings. The number of nitrogens with zero attached hydrogens (tertiary/aromatic N) is 4. The number of hydrogen-bond acceptors (Lipinski definition) is 4. The Morgan fingerprint density at radius 2 is 2.44 bits per heavy atom. The number of fused-ring (bicyclic) bond motifs is 1. The van der Waals surface area contributed by atoms with Gasteiger partial charge < -0.3 is 0 Å². The number of dihydropyridines is 1. The Balaban J connectivity index is 2.40. The van der Waals surface area contributed by atoms with Crippen LogP contribution >= 0.6 is 0 Å². The van der Waals surface area contributed by atoms with E-state index < -0.39 is 0 Å². The van der Waals surface area contributed by atoms with Crippen LogP contribution in [0.15, 0.2) is 32.6 Å². The summed E-state index contributed by atoms with van der Waals surface area (Å²) >= 11 is 0. The van der Waals surface area contributed by atoms with Crippen LogP contribution in [0.3, 0.4) is 0 Å². The van der Waals surface area contributed by atoms with Crippen molar-refractivity contribution in [2.45, 2.75) is 6.04 Å². The zero-order valence-electron chi connectivity index (χ0n) is 4.60. The molecule has 0 aromatic carbocycles. The van der Waals surface area contributed by atoms with E-state index in [4.69, 9.17) is 0 Å². The van der Waals surface area contributed by atoms with Crippen molar-refractivity contribution in [3.63, 3.8) is 0 Å². The predicted molar refractivity (Wildman–Crippen MR) is 33.7 cm³/mol. The minimum atomic E-state index is -0.00463. The van der Waals surface area contributed by atoms with Gasteiger partial charge in [-0.2, -0.15) is 5.11 Å². The zero-order chi connectivity index (χ0) is 6.10. The van der Waals surface area contributed by atoms with Crippen LogP contribution in [0.4, 0.5) is 0 Å². The Morgan fingerprint density at radius 1 is 1.44 bits per heavy atom. The van der Waals surface area contributed by atoms with Crippen LogP contribution < -0.4 is 0 Å². The summed E-state index contributed by atoms with van der Waals surface area (Å²) in [6, 6.07) is -0.00463. The third kappa shape index (κ3) is 0.595. The minimum absolute atomic E-state index is 0.00463. The average Bonchev–Trinajstić information content (AvgIpc) is 2.33. The van der Waals surface area contributed by atoms with E-state index in [1.165, 1.54) is 0 Å². The highest BCUT2D eigenvalue weighted by molar-refractivity contribution is 6.00. The Labute approximate surface area is 51.7 Å². The first-order valence-electron chi connectivity index (χ1n) is 2.65. The second-order valence-electron chi connectivity index (χ2n) is 1.77. The molecule has 1 unspecified atom stereocenters. The molecule has 0 spiro atoms. The van der Waals surface area contributed by atoms with Crippen LogP contribution in [0.5, 0.6) is 0 Å². The van der Waals surface area contributed by atoms with Gasteiger partial charge in [0.2, 0.25) is 0 Å². The lowest BCUT2D eigenvalue weighted by molar-refractivity contribution is 0.972. The van der Waals surface area contributed by atoms with Gasteiger partial charge in [-0.3, -0.25) is 0 Å². The normalized spacial score (nSPS) is 28.4. The van der Waals surface area contributed by atoms with Gasteiger partial charge in [-0.05, 0) is 17.4 Å². The highest BCUT2D eigenvalue weighted by atomic mass is 15.4.